The quantitative estimate of drug-likeness (QED) is 0.776. The van der Waals surface area contributed by atoms with Crippen molar-refractivity contribution in [3.05, 3.63) is 22.2 Å². The molecule has 2 saturated heterocycles. The lowest BCUT2D eigenvalue weighted by Gasteiger charge is -2.40. The number of likely N-dealkylation sites (N-methyl/N-ethyl adjacent to an activating group) is 1. The number of hydroxylamine groups is 2. The highest BCUT2D eigenvalue weighted by Crippen LogP contribution is 2.44. The molecule has 2 aliphatic heterocycles. The van der Waals surface area contributed by atoms with E-state index in [1.807, 2.05) is 7.05 Å². The number of nitrogens with two attached hydrogens (primary N) is 1. The van der Waals surface area contributed by atoms with E-state index in [1.165, 1.54) is 4.57 Å². The molecule has 4 atom stereocenters. The highest BCUT2D eigenvalue weighted by Gasteiger charge is 2.61. The summed E-state index contributed by atoms with van der Waals surface area (Å²) in [5.41, 5.74) is 5.18. The van der Waals surface area contributed by atoms with Crippen molar-refractivity contribution in [3.63, 3.8) is 0 Å². The highest BCUT2D eigenvalue weighted by atomic mass is 16.7. The van der Waals surface area contributed by atoms with Gasteiger partial charge in [0.2, 0.25) is 0 Å². The number of aromatic nitrogens is 2. The Balaban J connectivity index is 2.05. The average molecular weight is 326 g/mol. The molecule has 1 aromatic heterocycles. The third-order valence-corrected chi connectivity index (χ3v) is 4.34. The van der Waals surface area contributed by atoms with Gasteiger partial charge in [0, 0.05) is 33.0 Å². The second-order valence-electron chi connectivity index (χ2n) is 6.02. The first kappa shape index (κ1) is 16.3. The summed E-state index contributed by atoms with van der Waals surface area (Å²) in [5, 5.41) is 1.68. The lowest BCUT2D eigenvalue weighted by atomic mass is 9.94. The van der Waals surface area contributed by atoms with Crippen molar-refractivity contribution in [3.8, 4) is 0 Å². The van der Waals surface area contributed by atoms with Crippen molar-refractivity contribution in [2.24, 2.45) is 0 Å². The molecule has 2 aliphatic rings. The number of nitrogen functional groups attached to an aromatic ring is 1. The Labute approximate surface area is 133 Å². The monoisotopic (exact) mass is 326 g/mol. The normalized spacial score (nSPS) is 34.0. The molecule has 2 fully saturated rings. The van der Waals surface area contributed by atoms with E-state index in [2.05, 4.69) is 4.98 Å². The number of hydrogen-bond acceptors (Lipinski definition) is 8. The maximum absolute atomic E-state index is 12.3. The van der Waals surface area contributed by atoms with Crippen molar-refractivity contribution < 1.29 is 19.0 Å². The lowest BCUT2D eigenvalue weighted by Crippen LogP contribution is -2.59. The van der Waals surface area contributed by atoms with Gasteiger partial charge < -0.3 is 19.9 Å². The number of anilines is 1. The Hall–Kier alpha value is -1.52. The first-order valence-corrected chi connectivity index (χ1v) is 7.34. The summed E-state index contributed by atoms with van der Waals surface area (Å²) in [6, 6.07) is 0. The first-order chi connectivity index (χ1) is 10.9. The van der Waals surface area contributed by atoms with E-state index in [9.17, 15) is 4.79 Å². The maximum atomic E-state index is 12.3. The van der Waals surface area contributed by atoms with Gasteiger partial charge in [0.1, 0.15) is 17.5 Å². The fourth-order valence-electron chi connectivity index (χ4n) is 3.41. The molecule has 9 heteroatoms. The molecule has 3 heterocycles. The van der Waals surface area contributed by atoms with Crippen molar-refractivity contribution in [1.82, 2.24) is 14.6 Å². The van der Waals surface area contributed by atoms with Crippen LogP contribution < -0.4 is 11.4 Å². The van der Waals surface area contributed by atoms with Crippen molar-refractivity contribution >= 4 is 5.82 Å². The van der Waals surface area contributed by atoms with Crippen LogP contribution in [0.3, 0.4) is 0 Å². The van der Waals surface area contributed by atoms with Crippen LogP contribution in [0.25, 0.3) is 0 Å². The number of methoxy groups -OCH3 is 2. The maximum Gasteiger partial charge on any atom is 0.351 e. The van der Waals surface area contributed by atoms with Crippen LogP contribution in [0, 0.1) is 6.92 Å². The number of rotatable bonds is 4. The predicted octanol–water partition coefficient (Wildman–Crippen LogP) is -0.691. The summed E-state index contributed by atoms with van der Waals surface area (Å²) in [7, 11) is 5.01. The van der Waals surface area contributed by atoms with Crippen LogP contribution in [0.15, 0.2) is 11.0 Å². The van der Waals surface area contributed by atoms with Crippen LogP contribution in [0.5, 0.6) is 0 Å². The Morgan fingerprint density at radius 2 is 2.26 bits per heavy atom. The zero-order chi connectivity index (χ0) is 16.8. The molecule has 0 amide bonds. The van der Waals surface area contributed by atoms with Gasteiger partial charge >= 0.3 is 5.69 Å². The summed E-state index contributed by atoms with van der Waals surface area (Å²) >= 11 is 0. The van der Waals surface area contributed by atoms with E-state index >= 15 is 0 Å². The van der Waals surface area contributed by atoms with E-state index in [4.69, 9.17) is 24.8 Å². The molecule has 0 saturated carbocycles. The highest BCUT2D eigenvalue weighted by molar-refractivity contribution is 5.35. The summed E-state index contributed by atoms with van der Waals surface area (Å²) in [6.45, 7) is 2.57. The van der Waals surface area contributed by atoms with Crippen molar-refractivity contribution in [2.45, 2.75) is 31.0 Å². The molecular weight excluding hydrogens is 304 g/mol. The van der Waals surface area contributed by atoms with E-state index in [0.717, 1.165) is 0 Å². The molecule has 0 spiro atoms. The summed E-state index contributed by atoms with van der Waals surface area (Å²) < 4.78 is 18.6. The number of nitrogens with zero attached hydrogens (tertiary/aromatic N) is 3. The SMILES string of the molecule is COC[C@]12CN(C)OC(C1OC)[C@H](n1cc(C)c(N)nc1=O)O2. The Bertz CT molecular complexity index is 651. The molecule has 2 unspecified atom stereocenters. The number of aryl methyl sites for hydroxylation is 1. The second-order valence-corrected chi connectivity index (χ2v) is 6.02. The third kappa shape index (κ3) is 2.54. The molecule has 23 heavy (non-hydrogen) atoms. The van der Waals surface area contributed by atoms with Gasteiger partial charge in [-0.2, -0.15) is 10.0 Å². The van der Waals surface area contributed by atoms with E-state index in [1.54, 1.807) is 32.4 Å². The topological polar surface area (TPSA) is 101 Å². The van der Waals surface area contributed by atoms with Crippen LogP contribution in [0.1, 0.15) is 11.8 Å². The lowest BCUT2D eigenvalue weighted by molar-refractivity contribution is -0.263. The molecule has 3 rings (SSSR count). The molecule has 0 radical (unpaired) electrons. The summed E-state index contributed by atoms with van der Waals surface area (Å²) in [6.07, 6.45) is 0.108. The van der Waals surface area contributed by atoms with Crippen LogP contribution in [-0.4, -0.2) is 66.8 Å². The van der Waals surface area contributed by atoms with Gasteiger partial charge in [-0.15, -0.1) is 0 Å². The molecule has 1 aromatic rings. The molecule has 2 N–H and O–H groups in total. The zero-order valence-electron chi connectivity index (χ0n) is 13.7. The Kier molecular flexibility index (Phi) is 4.15. The molecule has 2 bridgehead atoms. The number of ether oxygens (including phenoxy) is 3. The van der Waals surface area contributed by atoms with Crippen LogP contribution >= 0.6 is 0 Å². The fraction of sp³-hybridized carbons (Fsp3) is 0.714. The minimum absolute atomic E-state index is 0.208. The number of hydrogen-bond donors (Lipinski definition) is 1. The Morgan fingerprint density at radius 3 is 2.91 bits per heavy atom. The van der Waals surface area contributed by atoms with Gasteiger partial charge in [0.25, 0.3) is 0 Å². The third-order valence-electron chi connectivity index (χ3n) is 4.34. The van der Waals surface area contributed by atoms with Crippen molar-refractivity contribution in [2.75, 3.05) is 40.2 Å². The standard InChI is InChI=1S/C14H22N4O5/c1-8-5-18(13(19)16-11(8)15)12-9-10(21-4)14(22-12,7-20-3)6-17(2)23-9/h5,9-10,12H,6-7H2,1-4H3,(H2,15,16,19)/t9?,10?,12-,14-/m1/s1. The minimum atomic E-state index is -0.722. The second kappa shape index (κ2) is 5.84. The van der Waals surface area contributed by atoms with E-state index in [0.29, 0.717) is 18.7 Å². The van der Waals surface area contributed by atoms with Crippen LogP contribution in [0.4, 0.5) is 5.82 Å². The summed E-state index contributed by atoms with van der Waals surface area (Å²) in [4.78, 5) is 21.9. The van der Waals surface area contributed by atoms with Crippen LogP contribution in [0.2, 0.25) is 0 Å². The van der Waals surface area contributed by atoms with Gasteiger partial charge in [0.15, 0.2) is 12.3 Å². The van der Waals surface area contributed by atoms with Gasteiger partial charge in [-0.1, -0.05) is 0 Å². The minimum Gasteiger partial charge on any atom is -0.383 e. The molecule has 0 aliphatic carbocycles. The molecule has 0 aromatic carbocycles. The van der Waals surface area contributed by atoms with Gasteiger partial charge in [-0.3, -0.25) is 9.40 Å². The van der Waals surface area contributed by atoms with E-state index in [-0.39, 0.29) is 11.9 Å². The molecular formula is C14H22N4O5. The van der Waals surface area contributed by atoms with Gasteiger partial charge in [-0.05, 0) is 6.92 Å². The number of fused-ring (bicyclic) bond motifs is 2. The van der Waals surface area contributed by atoms with Gasteiger partial charge in [-0.25, -0.2) is 4.79 Å². The van der Waals surface area contributed by atoms with Crippen molar-refractivity contribution in [1.29, 1.82) is 0 Å². The predicted molar refractivity (Wildman–Crippen MR) is 80.7 cm³/mol. The molecule has 9 nitrogen and oxygen atoms in total. The first-order valence-electron chi connectivity index (χ1n) is 7.34. The smallest absolute Gasteiger partial charge is 0.351 e. The molecule has 128 valence electrons. The summed E-state index contributed by atoms with van der Waals surface area (Å²) in [5.74, 6) is 0.208. The van der Waals surface area contributed by atoms with Crippen LogP contribution in [-0.2, 0) is 19.0 Å². The average Bonchev–Trinajstić information content (AvgIpc) is 2.67. The Morgan fingerprint density at radius 1 is 1.52 bits per heavy atom. The van der Waals surface area contributed by atoms with Gasteiger partial charge in [0.05, 0.1) is 13.2 Å². The fourth-order valence-corrected chi connectivity index (χ4v) is 3.41. The zero-order valence-corrected chi connectivity index (χ0v) is 13.7. The van der Waals surface area contributed by atoms with E-state index < -0.39 is 23.6 Å². The largest absolute Gasteiger partial charge is 0.383 e.